The molecule has 0 fully saturated rings. The molecule has 0 unspecified atom stereocenters. The smallest absolute Gasteiger partial charge is 0.269 e. The number of nitrogen functional groups attached to an aromatic ring is 2. The zero-order chi connectivity index (χ0) is 23.7. The molecule has 0 aliphatic carbocycles. The highest BCUT2D eigenvalue weighted by molar-refractivity contribution is 8.26. The van der Waals surface area contributed by atoms with Crippen molar-refractivity contribution in [1.82, 2.24) is 0 Å². The molecule has 0 aliphatic heterocycles. The molecule has 13 heteroatoms. The molecule has 0 amide bonds. The van der Waals surface area contributed by atoms with E-state index in [0.717, 1.165) is 11.4 Å². The van der Waals surface area contributed by atoms with E-state index in [1.807, 2.05) is 62.3 Å². The Kier molecular flexibility index (Phi) is 11.0. The monoisotopic (exact) mass is 478 g/mol. The number of hydrogen-bond donors (Lipinski definition) is 3. The van der Waals surface area contributed by atoms with Crippen molar-refractivity contribution in [1.29, 1.82) is 0 Å². The number of rotatable bonds is 4. The predicted molar refractivity (Wildman–Crippen MR) is 123 cm³/mol. The Labute approximate surface area is 182 Å². The van der Waals surface area contributed by atoms with Gasteiger partial charge in [-0.3, -0.25) is 8.76 Å². The van der Waals surface area contributed by atoms with Crippen LogP contribution in [-0.2, 0) is 36.1 Å². The summed E-state index contributed by atoms with van der Waals surface area (Å²) in [4.78, 5) is 3.87. The fourth-order valence-corrected chi connectivity index (χ4v) is 2.61. The van der Waals surface area contributed by atoms with Crippen LogP contribution in [0.2, 0.25) is 0 Å². The van der Waals surface area contributed by atoms with Crippen molar-refractivity contribution in [3.8, 4) is 0 Å². The summed E-state index contributed by atoms with van der Waals surface area (Å²) in [7, 11) is -0.691. The molecule has 0 aliphatic rings. The molecule has 0 radical (unpaired) electrons. The Morgan fingerprint density at radius 3 is 1.67 bits per heavy atom. The Hall–Kier alpha value is -2.16. The minimum atomic E-state index is -4.33. The lowest BCUT2D eigenvalue weighted by molar-refractivity contribution is 0.416. The Morgan fingerprint density at radius 1 is 0.900 bits per heavy atom. The van der Waals surface area contributed by atoms with Crippen molar-refractivity contribution in [2.24, 2.45) is 0 Å². The first-order valence-electron chi connectivity index (χ1n) is 8.20. The molecule has 0 saturated heterocycles. The number of benzene rings is 2. The molecule has 0 spiro atoms. The molecule has 170 valence electrons. The summed E-state index contributed by atoms with van der Waals surface area (Å²) in [5.41, 5.74) is 14.7. The molecule has 0 saturated carbocycles. The maximum atomic E-state index is 10.7. The molecule has 2 aromatic rings. The molecule has 0 aromatic heterocycles. The van der Waals surface area contributed by atoms with Gasteiger partial charge in [0.25, 0.3) is 10.1 Å². The van der Waals surface area contributed by atoms with Crippen molar-refractivity contribution >= 4 is 53.1 Å². The predicted octanol–water partition coefficient (Wildman–Crippen LogP) is 1.05. The summed E-state index contributed by atoms with van der Waals surface area (Å²) >= 11 is 3.24. The Morgan fingerprint density at radius 2 is 1.30 bits per heavy atom. The lowest BCUT2D eigenvalue weighted by atomic mass is 10.2. The van der Waals surface area contributed by atoms with E-state index in [4.69, 9.17) is 29.3 Å². The first-order valence-corrected chi connectivity index (χ1v) is 12.1. The van der Waals surface area contributed by atoms with Gasteiger partial charge in [0.2, 0.25) is 0 Å². The third kappa shape index (κ3) is 13.9. The van der Waals surface area contributed by atoms with Crippen molar-refractivity contribution in [2.45, 2.75) is 5.75 Å². The van der Waals surface area contributed by atoms with E-state index in [2.05, 4.69) is 11.2 Å². The first kappa shape index (κ1) is 27.8. The standard InChI is InChI=1S/C9H14N2O3S.C8H12N2.H2O3S2/c1-11(2)8-3-4-9(10)7(5-8)6-15(12,13)14;1-10(2)8-5-3-7(9)4-6-8;1-5(2,3)4/h3-5H,6,10H2,1-2H3,(H,12,13,14);3-6H,9H2,1-2H3;(H2,1,2,3,4)/p-2. The van der Waals surface area contributed by atoms with E-state index < -0.39 is 24.9 Å². The van der Waals surface area contributed by atoms with Crippen molar-refractivity contribution in [3.63, 3.8) is 0 Å². The summed E-state index contributed by atoms with van der Waals surface area (Å²) in [6, 6.07) is 12.8. The van der Waals surface area contributed by atoms with Crippen molar-refractivity contribution in [3.05, 3.63) is 48.0 Å². The van der Waals surface area contributed by atoms with Gasteiger partial charge in [0, 0.05) is 50.9 Å². The SMILES string of the molecule is CN(C)c1ccc(N)c(CS(=O)(=O)O)c1.CN(C)c1ccc(N)cc1.O=S([O-])([O-])=S. The van der Waals surface area contributed by atoms with Crippen LogP contribution in [0, 0.1) is 0 Å². The maximum absolute atomic E-state index is 10.7. The second kappa shape index (κ2) is 11.9. The number of anilines is 4. The van der Waals surface area contributed by atoms with Crippen LogP contribution in [0.25, 0.3) is 0 Å². The molecule has 0 bridgehead atoms. The summed E-state index contributed by atoms with van der Waals surface area (Å²) in [6.07, 6.45) is 0. The van der Waals surface area contributed by atoms with E-state index in [1.54, 1.807) is 18.2 Å². The molecule has 5 N–H and O–H groups in total. The van der Waals surface area contributed by atoms with E-state index >= 15 is 0 Å². The van der Waals surface area contributed by atoms with Gasteiger partial charge in [-0.2, -0.15) is 8.42 Å². The van der Waals surface area contributed by atoms with Crippen LogP contribution in [0.5, 0.6) is 0 Å². The lowest BCUT2D eigenvalue weighted by Gasteiger charge is -2.14. The molecule has 2 aromatic carbocycles. The minimum absolute atomic E-state index is 0.359. The van der Waals surface area contributed by atoms with E-state index in [0.29, 0.717) is 11.3 Å². The highest BCUT2D eigenvalue weighted by Gasteiger charge is 2.10. The van der Waals surface area contributed by atoms with Crippen LogP contribution in [0.1, 0.15) is 5.56 Å². The highest BCUT2D eigenvalue weighted by atomic mass is 32.9. The third-order valence-electron chi connectivity index (χ3n) is 3.39. The minimum Gasteiger partial charge on any atom is -0.780 e. The normalized spacial score (nSPS) is 10.8. The molecule has 0 heterocycles. The number of nitrogens with zero attached hydrogens (tertiary/aromatic N) is 2. The Bertz CT molecular complexity index is 1000. The average Bonchev–Trinajstić information content (AvgIpc) is 2.55. The Balaban J connectivity index is 0.000000481. The van der Waals surface area contributed by atoms with Gasteiger partial charge in [0.15, 0.2) is 0 Å². The first-order chi connectivity index (χ1) is 13.5. The van der Waals surface area contributed by atoms with Crippen molar-refractivity contribution < 1.29 is 26.3 Å². The van der Waals surface area contributed by atoms with Crippen LogP contribution in [-0.4, -0.2) is 54.5 Å². The van der Waals surface area contributed by atoms with Crippen LogP contribution >= 0.6 is 0 Å². The molecule has 30 heavy (non-hydrogen) atoms. The summed E-state index contributed by atoms with van der Waals surface area (Å²) in [5, 5.41) is 0. The van der Waals surface area contributed by atoms with Gasteiger partial charge >= 0.3 is 0 Å². The lowest BCUT2D eigenvalue weighted by Crippen LogP contribution is -2.11. The number of hydrogen-bond acceptors (Lipinski definition) is 10. The molecular formula is C17H26N4O6S3-2. The third-order valence-corrected chi connectivity index (χ3v) is 4.07. The van der Waals surface area contributed by atoms with Gasteiger partial charge in [-0.05, 0) is 59.2 Å². The molecule has 2 rings (SSSR count). The molecule has 0 atom stereocenters. The number of nitrogens with two attached hydrogens (primary N) is 2. The van der Waals surface area contributed by atoms with Crippen LogP contribution in [0.3, 0.4) is 0 Å². The zero-order valence-electron chi connectivity index (χ0n) is 17.0. The van der Waals surface area contributed by atoms with Crippen molar-refractivity contribution in [2.75, 3.05) is 49.5 Å². The summed E-state index contributed by atoms with van der Waals surface area (Å²) in [6.45, 7) is 0. The maximum Gasteiger partial charge on any atom is 0.269 e. The van der Waals surface area contributed by atoms with E-state index in [1.165, 1.54) is 5.69 Å². The molecular weight excluding hydrogens is 452 g/mol. The summed E-state index contributed by atoms with van der Waals surface area (Å²) in [5.74, 6) is -0.458. The van der Waals surface area contributed by atoms with E-state index in [9.17, 15) is 8.42 Å². The second-order valence-electron chi connectivity index (χ2n) is 6.40. The van der Waals surface area contributed by atoms with Gasteiger partial charge in [-0.1, -0.05) is 0 Å². The van der Waals surface area contributed by atoms with Crippen LogP contribution < -0.4 is 21.3 Å². The zero-order valence-corrected chi connectivity index (χ0v) is 19.5. The topological polar surface area (TPSA) is 176 Å². The van der Waals surface area contributed by atoms with Gasteiger partial charge in [0.05, 0.1) is 0 Å². The van der Waals surface area contributed by atoms with Crippen LogP contribution in [0.15, 0.2) is 42.5 Å². The van der Waals surface area contributed by atoms with Gasteiger partial charge < -0.3 is 30.4 Å². The largest absolute Gasteiger partial charge is 0.780 e. The van der Waals surface area contributed by atoms with Crippen LogP contribution in [0.4, 0.5) is 22.7 Å². The highest BCUT2D eigenvalue weighted by Crippen LogP contribution is 2.21. The average molecular weight is 479 g/mol. The van der Waals surface area contributed by atoms with Gasteiger partial charge in [-0.25, -0.2) is 0 Å². The van der Waals surface area contributed by atoms with Gasteiger partial charge in [0.1, 0.15) is 5.75 Å². The summed E-state index contributed by atoms with van der Waals surface area (Å²) < 4.78 is 56.8. The fraction of sp³-hybridized carbons (Fsp3) is 0.294. The molecule has 10 nitrogen and oxygen atoms in total. The van der Waals surface area contributed by atoms with Gasteiger partial charge in [-0.15, -0.1) is 9.05 Å². The quantitative estimate of drug-likeness (QED) is 0.423. The second-order valence-corrected chi connectivity index (χ2v) is 9.89. The van der Waals surface area contributed by atoms with E-state index in [-0.39, 0.29) is 0 Å². The fourth-order valence-electron chi connectivity index (χ4n) is 1.96.